The standard InChI is InChI=1S/C17H18N2O3S2/c1-2-3-4-15(20)19-7-8-22-13-6-5-11(9-12(13)19)10-14-16(21)18-17(23)24-14/h5-6,9-10H,2-4,7-8H2,1H3,(H,18,21,23)/b14-10-. The average molecular weight is 362 g/mol. The third-order valence-corrected chi connectivity index (χ3v) is 4.99. The number of nitrogens with one attached hydrogen (secondary N) is 1. The summed E-state index contributed by atoms with van der Waals surface area (Å²) in [6.07, 6.45) is 4.18. The van der Waals surface area contributed by atoms with E-state index in [9.17, 15) is 9.59 Å². The van der Waals surface area contributed by atoms with Crippen LogP contribution >= 0.6 is 24.0 Å². The van der Waals surface area contributed by atoms with E-state index in [1.165, 1.54) is 11.8 Å². The van der Waals surface area contributed by atoms with Crippen LogP contribution in [0.3, 0.4) is 0 Å². The molecule has 7 heteroatoms. The molecule has 126 valence electrons. The Morgan fingerprint density at radius 1 is 1.50 bits per heavy atom. The summed E-state index contributed by atoms with van der Waals surface area (Å²) in [4.78, 5) is 26.6. The lowest BCUT2D eigenvalue weighted by molar-refractivity contribution is -0.119. The van der Waals surface area contributed by atoms with Crippen LogP contribution in [0, 0.1) is 0 Å². The first-order valence-electron chi connectivity index (χ1n) is 7.90. The highest BCUT2D eigenvalue weighted by Gasteiger charge is 2.25. The SMILES string of the molecule is CCCCC(=O)N1CCOc2ccc(/C=C3\SC(=S)NC3=O)cc21. The van der Waals surface area contributed by atoms with Gasteiger partial charge in [-0.15, -0.1) is 0 Å². The Kier molecular flexibility index (Phi) is 5.20. The number of amides is 2. The fourth-order valence-corrected chi connectivity index (χ4v) is 3.66. The molecule has 24 heavy (non-hydrogen) atoms. The van der Waals surface area contributed by atoms with Crippen LogP contribution in [0.4, 0.5) is 5.69 Å². The van der Waals surface area contributed by atoms with Gasteiger partial charge in [0.05, 0.1) is 17.1 Å². The number of ether oxygens (including phenoxy) is 1. The zero-order valence-electron chi connectivity index (χ0n) is 13.3. The van der Waals surface area contributed by atoms with Gasteiger partial charge in [0.25, 0.3) is 5.91 Å². The van der Waals surface area contributed by atoms with E-state index in [4.69, 9.17) is 17.0 Å². The maximum Gasteiger partial charge on any atom is 0.263 e. The van der Waals surface area contributed by atoms with Crippen molar-refractivity contribution in [2.24, 2.45) is 0 Å². The number of thioether (sulfide) groups is 1. The normalized spacial score (nSPS) is 18.4. The highest BCUT2D eigenvalue weighted by atomic mass is 32.2. The van der Waals surface area contributed by atoms with E-state index in [-0.39, 0.29) is 11.8 Å². The van der Waals surface area contributed by atoms with Gasteiger partial charge in [0.2, 0.25) is 5.91 Å². The summed E-state index contributed by atoms with van der Waals surface area (Å²) in [5.74, 6) is 0.627. The van der Waals surface area contributed by atoms with Crippen LogP contribution in [0.2, 0.25) is 0 Å². The molecule has 1 saturated heterocycles. The fourth-order valence-electron chi connectivity index (χ4n) is 2.62. The van der Waals surface area contributed by atoms with E-state index >= 15 is 0 Å². The number of rotatable bonds is 4. The summed E-state index contributed by atoms with van der Waals surface area (Å²) in [5.41, 5.74) is 1.61. The zero-order chi connectivity index (χ0) is 17.1. The molecule has 0 bridgehead atoms. The molecule has 2 aliphatic heterocycles. The molecule has 2 heterocycles. The largest absolute Gasteiger partial charge is 0.490 e. The van der Waals surface area contributed by atoms with Gasteiger partial charge in [-0.25, -0.2) is 0 Å². The van der Waals surface area contributed by atoms with Crippen molar-refractivity contribution in [3.63, 3.8) is 0 Å². The van der Waals surface area contributed by atoms with Crippen molar-refractivity contribution in [3.05, 3.63) is 28.7 Å². The molecule has 0 aromatic heterocycles. The van der Waals surface area contributed by atoms with Crippen LogP contribution < -0.4 is 15.0 Å². The molecule has 2 aliphatic rings. The quantitative estimate of drug-likeness (QED) is 0.659. The molecule has 0 saturated carbocycles. The van der Waals surface area contributed by atoms with Crippen molar-refractivity contribution in [1.29, 1.82) is 0 Å². The third-order valence-electron chi connectivity index (χ3n) is 3.83. The average Bonchev–Trinajstić information content (AvgIpc) is 2.89. The number of unbranched alkanes of at least 4 members (excludes halogenated alkanes) is 1. The highest BCUT2D eigenvalue weighted by molar-refractivity contribution is 8.26. The number of carbonyl (C=O) groups is 2. The molecule has 3 rings (SSSR count). The lowest BCUT2D eigenvalue weighted by Crippen LogP contribution is -2.37. The molecule has 0 atom stereocenters. The number of benzene rings is 1. The minimum atomic E-state index is -0.185. The van der Waals surface area contributed by atoms with Crippen LogP contribution in [-0.4, -0.2) is 29.3 Å². The number of carbonyl (C=O) groups excluding carboxylic acids is 2. The van der Waals surface area contributed by atoms with E-state index in [1.54, 1.807) is 11.0 Å². The van der Waals surface area contributed by atoms with Gasteiger partial charge in [0.15, 0.2) is 0 Å². The van der Waals surface area contributed by atoms with E-state index < -0.39 is 0 Å². The van der Waals surface area contributed by atoms with Gasteiger partial charge in [0, 0.05) is 6.42 Å². The van der Waals surface area contributed by atoms with Gasteiger partial charge in [-0.1, -0.05) is 43.4 Å². The van der Waals surface area contributed by atoms with Crippen LogP contribution in [-0.2, 0) is 9.59 Å². The molecule has 5 nitrogen and oxygen atoms in total. The number of anilines is 1. The third kappa shape index (κ3) is 3.62. The molecule has 1 N–H and O–H groups in total. The minimum Gasteiger partial charge on any atom is -0.490 e. The lowest BCUT2D eigenvalue weighted by atomic mass is 10.1. The minimum absolute atomic E-state index is 0.111. The molecule has 0 spiro atoms. The molecule has 0 unspecified atom stereocenters. The van der Waals surface area contributed by atoms with E-state index in [2.05, 4.69) is 12.2 Å². The molecular weight excluding hydrogens is 344 g/mol. The van der Waals surface area contributed by atoms with Gasteiger partial charge >= 0.3 is 0 Å². The maximum absolute atomic E-state index is 12.4. The van der Waals surface area contributed by atoms with Crippen molar-refractivity contribution in [2.45, 2.75) is 26.2 Å². The summed E-state index contributed by atoms with van der Waals surface area (Å²) in [5, 5.41) is 2.60. The summed E-state index contributed by atoms with van der Waals surface area (Å²) in [7, 11) is 0. The van der Waals surface area contributed by atoms with Crippen molar-refractivity contribution in [1.82, 2.24) is 5.32 Å². The number of hydrogen-bond donors (Lipinski definition) is 1. The smallest absolute Gasteiger partial charge is 0.263 e. The van der Waals surface area contributed by atoms with Crippen LogP contribution in [0.15, 0.2) is 23.1 Å². The number of fused-ring (bicyclic) bond motifs is 1. The molecule has 0 aliphatic carbocycles. The van der Waals surface area contributed by atoms with Gasteiger partial charge < -0.3 is 15.0 Å². The predicted octanol–water partition coefficient (Wildman–Crippen LogP) is 3.09. The second-order valence-electron chi connectivity index (χ2n) is 5.58. The second-order valence-corrected chi connectivity index (χ2v) is 7.30. The first kappa shape index (κ1) is 17.0. The predicted molar refractivity (Wildman–Crippen MR) is 100 cm³/mol. The first-order valence-corrected chi connectivity index (χ1v) is 9.13. The van der Waals surface area contributed by atoms with E-state index in [0.717, 1.165) is 24.1 Å². The molecule has 0 radical (unpaired) electrons. The van der Waals surface area contributed by atoms with Crippen molar-refractivity contribution in [2.75, 3.05) is 18.1 Å². The number of nitrogens with zero attached hydrogens (tertiary/aromatic N) is 1. The topological polar surface area (TPSA) is 58.6 Å². The van der Waals surface area contributed by atoms with Crippen molar-refractivity contribution in [3.8, 4) is 5.75 Å². The highest BCUT2D eigenvalue weighted by Crippen LogP contribution is 2.35. The Morgan fingerprint density at radius 3 is 3.04 bits per heavy atom. The van der Waals surface area contributed by atoms with E-state index in [1.807, 2.05) is 18.2 Å². The molecule has 2 amide bonds. The Morgan fingerprint density at radius 2 is 2.33 bits per heavy atom. The number of thiocarbonyl (C=S) groups is 1. The van der Waals surface area contributed by atoms with Gasteiger partial charge in [0.1, 0.15) is 16.7 Å². The second kappa shape index (κ2) is 7.36. The lowest BCUT2D eigenvalue weighted by Gasteiger charge is -2.30. The van der Waals surface area contributed by atoms with Crippen LogP contribution in [0.25, 0.3) is 6.08 Å². The number of hydrogen-bond acceptors (Lipinski definition) is 5. The van der Waals surface area contributed by atoms with Gasteiger partial charge in [-0.2, -0.15) is 0 Å². The van der Waals surface area contributed by atoms with Crippen LogP contribution in [0.1, 0.15) is 31.7 Å². The molecular formula is C17H18N2O3S2. The van der Waals surface area contributed by atoms with Crippen molar-refractivity contribution < 1.29 is 14.3 Å². The fraction of sp³-hybridized carbons (Fsp3) is 0.353. The zero-order valence-corrected chi connectivity index (χ0v) is 15.0. The summed E-state index contributed by atoms with van der Waals surface area (Å²) in [6.45, 7) is 3.12. The maximum atomic E-state index is 12.4. The summed E-state index contributed by atoms with van der Waals surface area (Å²) < 4.78 is 6.11. The Bertz CT molecular complexity index is 731. The summed E-state index contributed by atoms with van der Waals surface area (Å²) >= 11 is 6.24. The Balaban J connectivity index is 1.88. The first-order chi connectivity index (χ1) is 11.6. The van der Waals surface area contributed by atoms with E-state index in [0.29, 0.717) is 34.5 Å². The van der Waals surface area contributed by atoms with Gasteiger partial charge in [-0.3, -0.25) is 9.59 Å². The Hall–Kier alpha value is -1.86. The monoisotopic (exact) mass is 362 g/mol. The molecule has 1 aromatic carbocycles. The van der Waals surface area contributed by atoms with Crippen LogP contribution in [0.5, 0.6) is 5.75 Å². The molecule has 1 fully saturated rings. The molecule has 1 aromatic rings. The van der Waals surface area contributed by atoms with Gasteiger partial charge in [-0.05, 0) is 30.2 Å². The summed E-state index contributed by atoms with van der Waals surface area (Å²) in [6, 6.07) is 5.61. The Labute approximate surface area is 150 Å². The van der Waals surface area contributed by atoms with Crippen molar-refractivity contribution >= 4 is 51.9 Å².